The molecule has 18 heavy (non-hydrogen) atoms. The van der Waals surface area contributed by atoms with E-state index in [2.05, 4.69) is 57.2 Å². The van der Waals surface area contributed by atoms with Crippen LogP contribution in [0.1, 0.15) is 11.5 Å². The van der Waals surface area contributed by atoms with Gasteiger partial charge in [0.2, 0.25) is 0 Å². The summed E-state index contributed by atoms with van der Waals surface area (Å²) in [5.74, 6) is 0.649. The van der Waals surface area contributed by atoms with Crippen LogP contribution in [0.25, 0.3) is 0 Å². The molecule has 0 aliphatic carbocycles. The molecular weight excluding hydrogens is 288 g/mol. The first-order valence-electron chi connectivity index (χ1n) is 6.09. The van der Waals surface area contributed by atoms with E-state index >= 15 is 0 Å². The van der Waals surface area contributed by atoms with Gasteiger partial charge in [0.15, 0.2) is 0 Å². The molecule has 2 nitrogen and oxygen atoms in total. The highest BCUT2D eigenvalue weighted by Crippen LogP contribution is 2.33. The van der Waals surface area contributed by atoms with Gasteiger partial charge in [-0.15, -0.1) is 0 Å². The Labute approximate surface area is 116 Å². The largest absolute Gasteiger partial charge is 0.398 e. The maximum Gasteiger partial charge on any atom is 0.0479 e. The lowest BCUT2D eigenvalue weighted by atomic mass is 9.91. The number of hydrogen-bond acceptors (Lipinski definition) is 2. The number of nitrogens with zero attached hydrogens (tertiary/aromatic N) is 1. The molecule has 0 saturated carbocycles. The summed E-state index contributed by atoms with van der Waals surface area (Å²) in [5.41, 5.74) is 9.35. The summed E-state index contributed by atoms with van der Waals surface area (Å²) in [5, 5.41) is 0. The van der Waals surface area contributed by atoms with Crippen molar-refractivity contribution in [1.29, 1.82) is 0 Å². The second-order valence-electron chi connectivity index (χ2n) is 4.72. The molecule has 1 heterocycles. The smallest absolute Gasteiger partial charge is 0.0479 e. The van der Waals surface area contributed by atoms with E-state index in [1.54, 1.807) is 0 Å². The van der Waals surface area contributed by atoms with Crippen molar-refractivity contribution in [3.05, 3.63) is 58.6 Å². The van der Waals surface area contributed by atoms with E-state index in [4.69, 9.17) is 5.73 Å². The number of hydrogen-bond donors (Lipinski definition) is 1. The third-order valence-corrected chi connectivity index (χ3v) is 4.22. The first kappa shape index (κ1) is 11.6. The van der Waals surface area contributed by atoms with Crippen LogP contribution in [0, 0.1) is 0 Å². The van der Waals surface area contributed by atoms with Gasteiger partial charge in [0.25, 0.3) is 0 Å². The summed E-state index contributed by atoms with van der Waals surface area (Å²) in [7, 11) is 0. The summed E-state index contributed by atoms with van der Waals surface area (Å²) >= 11 is 3.42. The molecule has 2 N–H and O–H groups in total. The van der Waals surface area contributed by atoms with Crippen LogP contribution in [0.2, 0.25) is 0 Å². The minimum atomic E-state index is 0.649. The second kappa shape index (κ2) is 4.65. The van der Waals surface area contributed by atoms with Gasteiger partial charge in [-0.1, -0.05) is 30.3 Å². The Bertz CT molecular complexity index is 548. The predicted octanol–water partition coefficient (Wildman–Crippen LogP) is 3.64. The molecule has 0 bridgehead atoms. The van der Waals surface area contributed by atoms with E-state index in [1.807, 2.05) is 12.1 Å². The van der Waals surface area contributed by atoms with Crippen LogP contribution in [-0.2, 0) is 0 Å². The van der Waals surface area contributed by atoms with Crippen molar-refractivity contribution in [3.63, 3.8) is 0 Å². The topological polar surface area (TPSA) is 29.3 Å². The van der Waals surface area contributed by atoms with E-state index in [0.29, 0.717) is 5.92 Å². The third kappa shape index (κ3) is 2.10. The molecule has 3 heteroatoms. The van der Waals surface area contributed by atoms with Gasteiger partial charge in [0.1, 0.15) is 0 Å². The van der Waals surface area contributed by atoms with E-state index in [0.717, 1.165) is 23.2 Å². The van der Waals surface area contributed by atoms with E-state index in [9.17, 15) is 0 Å². The molecule has 0 unspecified atom stereocenters. The van der Waals surface area contributed by atoms with Crippen molar-refractivity contribution in [2.24, 2.45) is 0 Å². The Morgan fingerprint density at radius 3 is 2.44 bits per heavy atom. The summed E-state index contributed by atoms with van der Waals surface area (Å²) in [4.78, 5) is 2.36. The summed E-state index contributed by atoms with van der Waals surface area (Å²) in [6.07, 6.45) is 0. The fraction of sp³-hybridized carbons (Fsp3) is 0.200. The quantitative estimate of drug-likeness (QED) is 0.858. The van der Waals surface area contributed by atoms with Gasteiger partial charge in [-0.25, -0.2) is 0 Å². The van der Waals surface area contributed by atoms with Gasteiger partial charge in [0, 0.05) is 34.9 Å². The van der Waals surface area contributed by atoms with Crippen molar-refractivity contribution < 1.29 is 0 Å². The highest BCUT2D eigenvalue weighted by molar-refractivity contribution is 9.10. The maximum absolute atomic E-state index is 5.91. The second-order valence-corrected chi connectivity index (χ2v) is 5.57. The van der Waals surface area contributed by atoms with Crippen LogP contribution in [0.3, 0.4) is 0 Å². The van der Waals surface area contributed by atoms with Gasteiger partial charge in [0.05, 0.1) is 0 Å². The Morgan fingerprint density at radius 2 is 1.78 bits per heavy atom. The molecule has 0 atom stereocenters. The molecule has 1 fully saturated rings. The minimum Gasteiger partial charge on any atom is -0.398 e. The lowest BCUT2D eigenvalue weighted by Crippen LogP contribution is -2.45. The molecule has 0 radical (unpaired) electrons. The normalized spacial score (nSPS) is 15.5. The third-order valence-electron chi connectivity index (χ3n) is 3.50. The average molecular weight is 303 g/mol. The SMILES string of the molecule is Nc1cc(N2CC(c3ccccc3)C2)ccc1Br. The number of halogens is 1. The average Bonchev–Trinajstić information content (AvgIpc) is 2.33. The molecule has 1 aliphatic heterocycles. The summed E-state index contributed by atoms with van der Waals surface area (Å²) < 4.78 is 0.964. The molecular formula is C15H15BrN2. The van der Waals surface area contributed by atoms with Gasteiger partial charge in [-0.05, 0) is 39.7 Å². The van der Waals surface area contributed by atoms with Crippen LogP contribution >= 0.6 is 15.9 Å². The number of nitrogens with two attached hydrogens (primary N) is 1. The van der Waals surface area contributed by atoms with Crippen LogP contribution in [-0.4, -0.2) is 13.1 Å². The lowest BCUT2D eigenvalue weighted by molar-refractivity contribution is 0.525. The van der Waals surface area contributed by atoms with E-state index in [1.165, 1.54) is 11.3 Å². The van der Waals surface area contributed by atoms with Crippen LogP contribution in [0.4, 0.5) is 11.4 Å². The first-order chi connectivity index (χ1) is 8.74. The number of benzene rings is 2. The summed E-state index contributed by atoms with van der Waals surface area (Å²) in [6, 6.07) is 16.9. The van der Waals surface area contributed by atoms with Crippen molar-refractivity contribution in [2.75, 3.05) is 23.7 Å². The zero-order chi connectivity index (χ0) is 12.5. The highest BCUT2D eigenvalue weighted by atomic mass is 79.9. The molecule has 0 aromatic heterocycles. The molecule has 2 aromatic carbocycles. The van der Waals surface area contributed by atoms with Crippen molar-refractivity contribution >= 4 is 27.3 Å². The van der Waals surface area contributed by atoms with Crippen molar-refractivity contribution in [3.8, 4) is 0 Å². The Balaban J connectivity index is 1.70. The van der Waals surface area contributed by atoms with Gasteiger partial charge < -0.3 is 10.6 Å². The monoisotopic (exact) mass is 302 g/mol. The zero-order valence-electron chi connectivity index (χ0n) is 10.0. The zero-order valence-corrected chi connectivity index (χ0v) is 11.6. The number of anilines is 2. The molecule has 2 aromatic rings. The minimum absolute atomic E-state index is 0.649. The van der Waals surface area contributed by atoms with E-state index in [-0.39, 0.29) is 0 Å². The lowest BCUT2D eigenvalue weighted by Gasteiger charge is -2.41. The number of rotatable bonds is 2. The predicted molar refractivity (Wildman–Crippen MR) is 80.0 cm³/mol. The Hall–Kier alpha value is -1.48. The Morgan fingerprint density at radius 1 is 1.06 bits per heavy atom. The van der Waals surface area contributed by atoms with Crippen molar-refractivity contribution in [1.82, 2.24) is 0 Å². The van der Waals surface area contributed by atoms with Gasteiger partial charge >= 0.3 is 0 Å². The molecule has 3 rings (SSSR count). The number of nitrogen functional groups attached to an aromatic ring is 1. The highest BCUT2D eigenvalue weighted by Gasteiger charge is 2.28. The Kier molecular flexibility index (Phi) is 3.00. The van der Waals surface area contributed by atoms with Crippen LogP contribution in [0.15, 0.2) is 53.0 Å². The maximum atomic E-state index is 5.91. The van der Waals surface area contributed by atoms with E-state index < -0.39 is 0 Å². The van der Waals surface area contributed by atoms with Crippen molar-refractivity contribution in [2.45, 2.75) is 5.92 Å². The fourth-order valence-electron chi connectivity index (χ4n) is 2.35. The summed E-state index contributed by atoms with van der Waals surface area (Å²) in [6.45, 7) is 2.15. The van der Waals surface area contributed by atoms with Gasteiger partial charge in [-0.2, -0.15) is 0 Å². The van der Waals surface area contributed by atoms with Crippen LogP contribution in [0.5, 0.6) is 0 Å². The molecule has 92 valence electrons. The molecule has 0 amide bonds. The molecule has 0 spiro atoms. The first-order valence-corrected chi connectivity index (χ1v) is 6.88. The fourth-order valence-corrected chi connectivity index (χ4v) is 2.60. The van der Waals surface area contributed by atoms with Crippen LogP contribution < -0.4 is 10.6 Å². The molecule has 1 aliphatic rings. The van der Waals surface area contributed by atoms with Gasteiger partial charge in [-0.3, -0.25) is 0 Å². The molecule has 1 saturated heterocycles. The standard InChI is InChI=1S/C15H15BrN2/c16-14-7-6-13(8-15(14)17)18-9-12(10-18)11-4-2-1-3-5-11/h1-8,12H,9-10,17H2.